The average molecular weight is 261 g/mol. The molecule has 19 heavy (non-hydrogen) atoms. The molecule has 1 aliphatic rings. The number of carboxylic acids is 1. The number of hydrogen-bond acceptors (Lipinski definition) is 2. The maximum absolute atomic E-state index is 11.2. The van der Waals surface area contributed by atoms with Crippen LogP contribution in [0, 0.1) is 5.41 Å². The Kier molecular flexibility index (Phi) is 4.25. The van der Waals surface area contributed by atoms with E-state index in [1.807, 2.05) is 12.1 Å². The van der Waals surface area contributed by atoms with Gasteiger partial charge in [0.25, 0.3) is 0 Å². The molecule has 1 saturated heterocycles. The van der Waals surface area contributed by atoms with E-state index in [0.29, 0.717) is 11.0 Å². The van der Waals surface area contributed by atoms with E-state index in [-0.39, 0.29) is 0 Å². The fraction of sp³-hybridized carbons (Fsp3) is 0.562. The minimum absolute atomic E-state index is 0.436. The van der Waals surface area contributed by atoms with Crippen LogP contribution in [0.25, 0.3) is 0 Å². The third-order valence-electron chi connectivity index (χ3n) is 4.56. The first-order valence-electron chi connectivity index (χ1n) is 7.08. The lowest BCUT2D eigenvalue weighted by molar-refractivity contribution is 0.0691. The number of likely N-dealkylation sites (tertiary alicyclic amines) is 1. The molecule has 1 heterocycles. The molecule has 1 aromatic rings. The number of nitrogens with zero attached hydrogens (tertiary/aromatic N) is 1. The van der Waals surface area contributed by atoms with Crippen molar-refractivity contribution in [3.8, 4) is 0 Å². The summed E-state index contributed by atoms with van der Waals surface area (Å²) < 4.78 is 0. The molecule has 3 nitrogen and oxygen atoms in total. The second-order valence-corrected chi connectivity index (χ2v) is 5.90. The van der Waals surface area contributed by atoms with Crippen LogP contribution in [-0.2, 0) is 6.54 Å². The summed E-state index contributed by atoms with van der Waals surface area (Å²) in [7, 11) is 0. The van der Waals surface area contributed by atoms with Crippen molar-refractivity contribution in [3.63, 3.8) is 0 Å². The Hall–Kier alpha value is -1.35. The third-order valence-corrected chi connectivity index (χ3v) is 4.56. The summed E-state index contributed by atoms with van der Waals surface area (Å²) in [6.45, 7) is 7.50. The maximum Gasteiger partial charge on any atom is 0.336 e. The summed E-state index contributed by atoms with van der Waals surface area (Å²) in [4.78, 5) is 13.6. The van der Waals surface area contributed by atoms with Crippen LogP contribution in [-0.4, -0.2) is 29.1 Å². The van der Waals surface area contributed by atoms with Gasteiger partial charge in [-0.2, -0.15) is 0 Å². The first kappa shape index (κ1) is 14.1. The highest BCUT2D eigenvalue weighted by atomic mass is 16.4. The molecule has 0 bridgehead atoms. The van der Waals surface area contributed by atoms with Crippen LogP contribution in [0.1, 0.15) is 49.0 Å². The van der Waals surface area contributed by atoms with Gasteiger partial charge >= 0.3 is 5.97 Å². The smallest absolute Gasteiger partial charge is 0.336 e. The van der Waals surface area contributed by atoms with E-state index in [1.165, 1.54) is 19.3 Å². The second kappa shape index (κ2) is 5.74. The van der Waals surface area contributed by atoms with Gasteiger partial charge in [-0.3, -0.25) is 4.90 Å². The second-order valence-electron chi connectivity index (χ2n) is 5.90. The molecule has 0 aromatic heterocycles. The Labute approximate surface area is 115 Å². The number of hydrogen-bond donors (Lipinski definition) is 1. The van der Waals surface area contributed by atoms with E-state index < -0.39 is 5.97 Å². The SMILES string of the molecule is CCC1(C)CCN(Cc2ccccc2C(=O)O)CC1. The van der Waals surface area contributed by atoms with Crippen molar-refractivity contribution >= 4 is 5.97 Å². The quantitative estimate of drug-likeness (QED) is 0.903. The molecule has 0 spiro atoms. The van der Waals surface area contributed by atoms with Crippen molar-refractivity contribution in [3.05, 3.63) is 35.4 Å². The van der Waals surface area contributed by atoms with E-state index in [0.717, 1.165) is 25.2 Å². The lowest BCUT2D eigenvalue weighted by Gasteiger charge is -2.39. The van der Waals surface area contributed by atoms with Gasteiger partial charge < -0.3 is 5.11 Å². The largest absolute Gasteiger partial charge is 0.478 e. The van der Waals surface area contributed by atoms with Crippen LogP contribution in [0.2, 0.25) is 0 Å². The van der Waals surface area contributed by atoms with E-state index in [1.54, 1.807) is 12.1 Å². The number of aromatic carboxylic acids is 1. The van der Waals surface area contributed by atoms with Crippen LogP contribution in [0.3, 0.4) is 0 Å². The minimum atomic E-state index is -0.828. The number of piperidine rings is 1. The Morgan fingerprint density at radius 2 is 1.95 bits per heavy atom. The topological polar surface area (TPSA) is 40.5 Å². The zero-order valence-electron chi connectivity index (χ0n) is 11.9. The summed E-state index contributed by atoms with van der Waals surface area (Å²) >= 11 is 0. The molecule has 1 aromatic carbocycles. The Morgan fingerprint density at radius 1 is 1.32 bits per heavy atom. The Balaban J connectivity index is 2.02. The van der Waals surface area contributed by atoms with Gasteiger partial charge in [-0.05, 0) is 43.0 Å². The fourth-order valence-corrected chi connectivity index (χ4v) is 2.71. The number of carbonyl (C=O) groups is 1. The van der Waals surface area contributed by atoms with Gasteiger partial charge in [-0.25, -0.2) is 4.79 Å². The molecule has 0 amide bonds. The number of carboxylic acid groups (broad SMARTS) is 1. The van der Waals surface area contributed by atoms with E-state index in [9.17, 15) is 9.90 Å². The summed E-state index contributed by atoms with van der Waals surface area (Å²) in [5.41, 5.74) is 1.84. The zero-order valence-corrected chi connectivity index (χ0v) is 11.9. The molecule has 0 saturated carbocycles. The van der Waals surface area contributed by atoms with Crippen LogP contribution in [0.4, 0.5) is 0 Å². The molecule has 1 N–H and O–H groups in total. The Morgan fingerprint density at radius 3 is 2.53 bits per heavy atom. The minimum Gasteiger partial charge on any atom is -0.478 e. The summed E-state index contributed by atoms with van der Waals surface area (Å²) in [5.74, 6) is -0.828. The first-order valence-corrected chi connectivity index (χ1v) is 7.08. The first-order chi connectivity index (χ1) is 9.04. The predicted molar refractivity (Wildman–Crippen MR) is 76.3 cm³/mol. The van der Waals surface area contributed by atoms with Crippen molar-refractivity contribution in [1.82, 2.24) is 4.90 Å². The van der Waals surface area contributed by atoms with Gasteiger partial charge in [0.15, 0.2) is 0 Å². The average Bonchev–Trinajstić information content (AvgIpc) is 2.42. The van der Waals surface area contributed by atoms with E-state index >= 15 is 0 Å². The van der Waals surface area contributed by atoms with Crippen molar-refractivity contribution in [2.45, 2.75) is 39.7 Å². The molecular formula is C16H23NO2. The lowest BCUT2D eigenvalue weighted by Crippen LogP contribution is -2.38. The number of benzene rings is 1. The Bertz CT molecular complexity index is 448. The van der Waals surface area contributed by atoms with Crippen molar-refractivity contribution in [2.24, 2.45) is 5.41 Å². The molecule has 104 valence electrons. The molecule has 0 aliphatic carbocycles. The molecule has 0 atom stereocenters. The van der Waals surface area contributed by atoms with Crippen molar-refractivity contribution in [2.75, 3.05) is 13.1 Å². The van der Waals surface area contributed by atoms with Gasteiger partial charge in [0.2, 0.25) is 0 Å². The van der Waals surface area contributed by atoms with E-state index in [2.05, 4.69) is 18.7 Å². The van der Waals surface area contributed by atoms with Gasteiger partial charge in [0.1, 0.15) is 0 Å². The molecule has 1 aliphatic heterocycles. The summed E-state index contributed by atoms with van der Waals surface area (Å²) in [6, 6.07) is 7.33. The third kappa shape index (κ3) is 3.35. The predicted octanol–water partition coefficient (Wildman–Crippen LogP) is 3.40. The van der Waals surface area contributed by atoms with Crippen LogP contribution >= 0.6 is 0 Å². The highest BCUT2D eigenvalue weighted by Gasteiger charge is 2.28. The van der Waals surface area contributed by atoms with Crippen molar-refractivity contribution in [1.29, 1.82) is 0 Å². The molecular weight excluding hydrogens is 238 g/mol. The van der Waals surface area contributed by atoms with Gasteiger partial charge in [0.05, 0.1) is 5.56 Å². The summed E-state index contributed by atoms with van der Waals surface area (Å²) in [5, 5.41) is 9.20. The van der Waals surface area contributed by atoms with Gasteiger partial charge in [-0.15, -0.1) is 0 Å². The molecule has 2 rings (SSSR count). The highest BCUT2D eigenvalue weighted by Crippen LogP contribution is 2.34. The van der Waals surface area contributed by atoms with Gasteiger partial charge in [0, 0.05) is 6.54 Å². The van der Waals surface area contributed by atoms with Crippen LogP contribution in [0.15, 0.2) is 24.3 Å². The molecule has 1 fully saturated rings. The normalized spacial score (nSPS) is 19.3. The van der Waals surface area contributed by atoms with Gasteiger partial charge in [-0.1, -0.05) is 38.5 Å². The number of rotatable bonds is 4. The standard InChI is InChI=1S/C16H23NO2/c1-3-16(2)8-10-17(11-9-16)12-13-6-4-5-7-14(13)15(18)19/h4-7H,3,8-12H2,1-2H3,(H,18,19). The zero-order chi connectivity index (χ0) is 13.9. The monoisotopic (exact) mass is 261 g/mol. The van der Waals surface area contributed by atoms with Crippen molar-refractivity contribution < 1.29 is 9.90 Å². The lowest BCUT2D eigenvalue weighted by atomic mass is 9.78. The highest BCUT2D eigenvalue weighted by molar-refractivity contribution is 5.89. The molecule has 0 radical (unpaired) electrons. The summed E-state index contributed by atoms with van der Waals surface area (Å²) in [6.07, 6.45) is 3.64. The fourth-order valence-electron chi connectivity index (χ4n) is 2.71. The molecule has 0 unspecified atom stereocenters. The molecule has 3 heteroatoms. The van der Waals surface area contributed by atoms with E-state index in [4.69, 9.17) is 0 Å². The van der Waals surface area contributed by atoms with Crippen LogP contribution < -0.4 is 0 Å². The van der Waals surface area contributed by atoms with Crippen LogP contribution in [0.5, 0.6) is 0 Å². The maximum atomic E-state index is 11.2.